The van der Waals surface area contributed by atoms with Crippen LogP contribution in [0.15, 0.2) is 78.8 Å². The largest absolute Gasteiger partial charge is 0.320 e. The van der Waals surface area contributed by atoms with Crippen molar-refractivity contribution in [2.24, 2.45) is 0 Å². The standard InChI is InChI=1S/C23H21N3O2/c1-16-8-9-20(17(2)14-16)25-23(28)21(15-18-10-12-24-13-11-18)26-22(27)19-6-4-3-5-7-19/h3-15H,1-2H3,(H,25,28)(H,26,27). The maximum Gasteiger partial charge on any atom is 0.272 e. The summed E-state index contributed by atoms with van der Waals surface area (Å²) >= 11 is 0. The molecule has 1 aromatic heterocycles. The van der Waals surface area contributed by atoms with E-state index in [4.69, 9.17) is 0 Å². The Morgan fingerprint density at radius 1 is 0.929 bits per heavy atom. The van der Waals surface area contributed by atoms with Crippen molar-refractivity contribution >= 4 is 23.6 Å². The number of anilines is 1. The summed E-state index contributed by atoms with van der Waals surface area (Å²) in [5.74, 6) is -0.746. The molecule has 0 aliphatic heterocycles. The first kappa shape index (κ1) is 19.0. The number of aromatic nitrogens is 1. The quantitative estimate of drug-likeness (QED) is 0.663. The van der Waals surface area contributed by atoms with Gasteiger partial charge in [-0.25, -0.2) is 0 Å². The molecule has 2 aromatic carbocycles. The van der Waals surface area contributed by atoms with Crippen molar-refractivity contribution in [1.82, 2.24) is 10.3 Å². The second kappa shape index (κ2) is 8.77. The van der Waals surface area contributed by atoms with Gasteiger partial charge in [-0.2, -0.15) is 0 Å². The molecule has 0 saturated heterocycles. The second-order valence-corrected chi connectivity index (χ2v) is 6.43. The van der Waals surface area contributed by atoms with Crippen LogP contribution in [0.5, 0.6) is 0 Å². The zero-order chi connectivity index (χ0) is 19.9. The first-order valence-electron chi connectivity index (χ1n) is 8.89. The van der Waals surface area contributed by atoms with Crippen LogP contribution >= 0.6 is 0 Å². The van der Waals surface area contributed by atoms with E-state index in [1.54, 1.807) is 54.9 Å². The van der Waals surface area contributed by atoms with Crippen molar-refractivity contribution in [2.45, 2.75) is 13.8 Å². The van der Waals surface area contributed by atoms with Gasteiger partial charge < -0.3 is 10.6 Å². The number of amides is 2. The molecule has 0 unspecified atom stereocenters. The zero-order valence-corrected chi connectivity index (χ0v) is 15.8. The predicted molar refractivity (Wildman–Crippen MR) is 111 cm³/mol. The molecule has 3 aromatic rings. The molecular formula is C23H21N3O2. The maximum absolute atomic E-state index is 12.9. The van der Waals surface area contributed by atoms with E-state index in [-0.39, 0.29) is 11.6 Å². The third kappa shape index (κ3) is 4.92. The van der Waals surface area contributed by atoms with Crippen molar-refractivity contribution in [3.63, 3.8) is 0 Å². The molecular weight excluding hydrogens is 350 g/mol. The van der Waals surface area contributed by atoms with E-state index in [0.717, 1.165) is 16.7 Å². The number of nitrogens with one attached hydrogen (secondary N) is 2. The van der Waals surface area contributed by atoms with Crippen molar-refractivity contribution in [3.8, 4) is 0 Å². The Morgan fingerprint density at radius 3 is 2.32 bits per heavy atom. The summed E-state index contributed by atoms with van der Waals surface area (Å²) in [5, 5.41) is 5.60. The molecule has 2 N–H and O–H groups in total. The monoisotopic (exact) mass is 371 g/mol. The Balaban J connectivity index is 1.88. The summed E-state index contributed by atoms with van der Waals surface area (Å²) in [6.45, 7) is 3.92. The van der Waals surface area contributed by atoms with Gasteiger partial charge in [0, 0.05) is 23.6 Å². The van der Waals surface area contributed by atoms with Crippen LogP contribution in [0.1, 0.15) is 27.0 Å². The topological polar surface area (TPSA) is 71.1 Å². The third-order valence-electron chi connectivity index (χ3n) is 4.18. The van der Waals surface area contributed by atoms with E-state index in [2.05, 4.69) is 15.6 Å². The van der Waals surface area contributed by atoms with E-state index in [1.807, 2.05) is 38.1 Å². The highest BCUT2D eigenvalue weighted by molar-refractivity contribution is 6.10. The number of hydrogen-bond acceptors (Lipinski definition) is 3. The lowest BCUT2D eigenvalue weighted by Crippen LogP contribution is -2.30. The molecule has 140 valence electrons. The van der Waals surface area contributed by atoms with Gasteiger partial charge in [0.15, 0.2) is 0 Å². The number of benzene rings is 2. The van der Waals surface area contributed by atoms with Gasteiger partial charge in [0.2, 0.25) is 0 Å². The average molecular weight is 371 g/mol. The minimum Gasteiger partial charge on any atom is -0.320 e. The van der Waals surface area contributed by atoms with Crippen molar-refractivity contribution in [1.29, 1.82) is 0 Å². The minimum atomic E-state index is -0.395. The number of aryl methyl sites for hydroxylation is 2. The molecule has 3 rings (SSSR count). The van der Waals surface area contributed by atoms with Gasteiger partial charge in [-0.05, 0) is 61.4 Å². The number of pyridine rings is 1. The molecule has 0 atom stereocenters. The highest BCUT2D eigenvalue weighted by Gasteiger charge is 2.15. The van der Waals surface area contributed by atoms with Crippen LogP contribution in [-0.2, 0) is 4.79 Å². The van der Waals surface area contributed by atoms with Gasteiger partial charge >= 0.3 is 0 Å². The van der Waals surface area contributed by atoms with Crippen molar-refractivity contribution in [3.05, 3.63) is 101 Å². The van der Waals surface area contributed by atoms with Crippen LogP contribution in [0.4, 0.5) is 5.69 Å². The van der Waals surface area contributed by atoms with Gasteiger partial charge in [-0.3, -0.25) is 14.6 Å². The van der Waals surface area contributed by atoms with Crippen LogP contribution in [0, 0.1) is 13.8 Å². The van der Waals surface area contributed by atoms with Gasteiger partial charge in [0.05, 0.1) is 0 Å². The van der Waals surface area contributed by atoms with Crippen LogP contribution < -0.4 is 10.6 Å². The van der Waals surface area contributed by atoms with Gasteiger partial charge in [-0.15, -0.1) is 0 Å². The van der Waals surface area contributed by atoms with E-state index in [1.165, 1.54) is 0 Å². The van der Waals surface area contributed by atoms with Crippen LogP contribution in [0.2, 0.25) is 0 Å². The highest BCUT2D eigenvalue weighted by atomic mass is 16.2. The van der Waals surface area contributed by atoms with Crippen LogP contribution in [-0.4, -0.2) is 16.8 Å². The van der Waals surface area contributed by atoms with E-state index in [9.17, 15) is 9.59 Å². The molecule has 0 saturated carbocycles. The molecule has 1 heterocycles. The molecule has 0 aliphatic rings. The Labute approximate surface area is 164 Å². The number of nitrogens with zero attached hydrogens (tertiary/aromatic N) is 1. The average Bonchev–Trinajstić information content (AvgIpc) is 2.71. The molecule has 0 radical (unpaired) electrons. The molecule has 2 amide bonds. The smallest absolute Gasteiger partial charge is 0.272 e. The number of hydrogen-bond donors (Lipinski definition) is 2. The highest BCUT2D eigenvalue weighted by Crippen LogP contribution is 2.17. The van der Waals surface area contributed by atoms with Crippen LogP contribution in [0.3, 0.4) is 0 Å². The molecule has 0 bridgehead atoms. The summed E-state index contributed by atoms with van der Waals surface area (Å²) < 4.78 is 0. The van der Waals surface area contributed by atoms with Gasteiger partial charge in [0.1, 0.15) is 5.70 Å². The summed E-state index contributed by atoms with van der Waals surface area (Å²) in [6.07, 6.45) is 4.89. The van der Waals surface area contributed by atoms with Crippen molar-refractivity contribution in [2.75, 3.05) is 5.32 Å². The summed E-state index contributed by atoms with van der Waals surface area (Å²) in [6, 6.07) is 18.1. The lowest BCUT2D eigenvalue weighted by Gasteiger charge is -2.13. The molecule has 5 heteroatoms. The lowest BCUT2D eigenvalue weighted by atomic mass is 10.1. The van der Waals surface area contributed by atoms with Gasteiger partial charge in [-0.1, -0.05) is 35.9 Å². The van der Waals surface area contributed by atoms with E-state index >= 15 is 0 Å². The van der Waals surface area contributed by atoms with Crippen molar-refractivity contribution < 1.29 is 9.59 Å². The molecule has 0 fully saturated rings. The molecule has 28 heavy (non-hydrogen) atoms. The summed E-state index contributed by atoms with van der Waals surface area (Å²) in [7, 11) is 0. The number of carbonyl (C=O) groups excluding carboxylic acids is 2. The number of carbonyl (C=O) groups is 2. The minimum absolute atomic E-state index is 0.153. The molecule has 5 nitrogen and oxygen atoms in total. The summed E-state index contributed by atoms with van der Waals surface area (Å²) in [4.78, 5) is 29.5. The molecule has 0 spiro atoms. The predicted octanol–water partition coefficient (Wildman–Crippen LogP) is 4.11. The summed E-state index contributed by atoms with van der Waals surface area (Å²) in [5.41, 5.74) is 4.15. The Hall–Kier alpha value is -3.73. The fraction of sp³-hybridized carbons (Fsp3) is 0.0870. The maximum atomic E-state index is 12.9. The first-order chi connectivity index (χ1) is 13.5. The second-order valence-electron chi connectivity index (χ2n) is 6.43. The Morgan fingerprint density at radius 2 is 1.64 bits per heavy atom. The van der Waals surface area contributed by atoms with E-state index in [0.29, 0.717) is 11.3 Å². The first-order valence-corrected chi connectivity index (χ1v) is 8.89. The van der Waals surface area contributed by atoms with Crippen LogP contribution in [0.25, 0.3) is 6.08 Å². The van der Waals surface area contributed by atoms with E-state index < -0.39 is 5.91 Å². The number of rotatable bonds is 5. The SMILES string of the molecule is Cc1ccc(NC(=O)C(=Cc2ccncc2)NC(=O)c2ccccc2)c(C)c1. The Kier molecular flexibility index (Phi) is 5.97. The fourth-order valence-electron chi connectivity index (χ4n) is 2.71. The normalized spacial score (nSPS) is 11.0. The zero-order valence-electron chi connectivity index (χ0n) is 15.8. The fourth-order valence-corrected chi connectivity index (χ4v) is 2.71. The Bertz CT molecular complexity index is 1010. The third-order valence-corrected chi connectivity index (χ3v) is 4.18. The lowest BCUT2D eigenvalue weighted by molar-refractivity contribution is -0.113. The molecule has 0 aliphatic carbocycles. The van der Waals surface area contributed by atoms with Gasteiger partial charge in [0.25, 0.3) is 11.8 Å².